The molecule has 8 heteroatoms. The van der Waals surface area contributed by atoms with Gasteiger partial charge in [-0.3, -0.25) is 19.3 Å². The molecule has 0 radical (unpaired) electrons. The lowest BCUT2D eigenvalue weighted by molar-refractivity contribution is -0.145. The van der Waals surface area contributed by atoms with Gasteiger partial charge in [-0.2, -0.15) is 0 Å². The summed E-state index contributed by atoms with van der Waals surface area (Å²) in [4.78, 5) is 35.6. The summed E-state index contributed by atoms with van der Waals surface area (Å²) in [5.74, 6) is -0.952. The summed E-state index contributed by atoms with van der Waals surface area (Å²) in [7, 11) is 0.566. The maximum atomic E-state index is 11.5. The number of hydrogen-bond donors (Lipinski definition) is 0. The van der Waals surface area contributed by atoms with Crippen molar-refractivity contribution in [2.24, 2.45) is 0 Å². The molecule has 0 unspecified atom stereocenters. The minimum Gasteiger partial charge on any atom is -0.494 e. The summed E-state index contributed by atoms with van der Waals surface area (Å²) < 4.78 is 10.6. The molecular weight excluding hydrogens is 257 g/mol. The van der Waals surface area contributed by atoms with Gasteiger partial charge < -0.3 is 9.31 Å². The second kappa shape index (κ2) is 5.32. The van der Waals surface area contributed by atoms with Crippen LogP contribution in [0.15, 0.2) is 12.1 Å². The number of thiophene rings is 1. The normalized spacial score (nSPS) is 17.7. The Bertz CT molecular complexity index is 468. The van der Waals surface area contributed by atoms with Crippen molar-refractivity contribution < 1.29 is 23.7 Å². The molecule has 0 aliphatic carbocycles. The smallest absolute Gasteiger partial charge is 0.494 e. The number of nitrogens with zero attached hydrogens (tertiary/aromatic N) is 1. The van der Waals surface area contributed by atoms with E-state index >= 15 is 0 Å². The lowest BCUT2D eigenvalue weighted by Gasteiger charge is -2.21. The lowest BCUT2D eigenvalue weighted by atomic mass is 9.87. The van der Waals surface area contributed by atoms with Crippen LogP contribution in [-0.2, 0) is 18.9 Å². The van der Waals surface area contributed by atoms with E-state index in [9.17, 15) is 14.4 Å². The molecule has 2 heterocycles. The molecular formula is C10H10BNO5S. The molecule has 0 bridgehead atoms. The highest BCUT2D eigenvalue weighted by Crippen LogP contribution is 2.08. The minimum absolute atomic E-state index is 0.0253. The quantitative estimate of drug-likeness (QED) is 0.520. The van der Waals surface area contributed by atoms with Crippen LogP contribution in [0.1, 0.15) is 9.67 Å². The van der Waals surface area contributed by atoms with Gasteiger partial charge in [0.05, 0.1) is 22.7 Å². The zero-order valence-corrected chi connectivity index (χ0v) is 10.4. The van der Waals surface area contributed by atoms with Gasteiger partial charge in [0.2, 0.25) is 0 Å². The summed E-state index contributed by atoms with van der Waals surface area (Å²) in [5.41, 5.74) is 0. The van der Waals surface area contributed by atoms with Crippen molar-refractivity contribution in [3.63, 3.8) is 0 Å². The fraction of sp³-hybridized carbons (Fsp3) is 0.300. The Balaban J connectivity index is 2.17. The molecule has 1 saturated heterocycles. The predicted octanol–water partition coefficient (Wildman–Crippen LogP) is -0.712. The van der Waals surface area contributed by atoms with Gasteiger partial charge in [0.15, 0.2) is 6.29 Å². The van der Waals surface area contributed by atoms with E-state index in [4.69, 9.17) is 9.31 Å². The van der Waals surface area contributed by atoms with E-state index in [0.29, 0.717) is 15.9 Å². The van der Waals surface area contributed by atoms with Crippen molar-refractivity contribution >= 4 is 41.5 Å². The van der Waals surface area contributed by atoms with Crippen molar-refractivity contribution in [3.8, 4) is 0 Å². The van der Waals surface area contributed by atoms with Crippen molar-refractivity contribution in [2.75, 3.05) is 20.1 Å². The van der Waals surface area contributed by atoms with E-state index in [1.165, 1.54) is 4.90 Å². The SMILES string of the molecule is CN1CC(=O)OB(c2ccc(C=O)s2)OC(=O)C1. The van der Waals surface area contributed by atoms with Crippen molar-refractivity contribution in [1.29, 1.82) is 0 Å². The molecule has 1 aliphatic heterocycles. The van der Waals surface area contributed by atoms with Crippen LogP contribution in [0, 0.1) is 0 Å². The average Bonchev–Trinajstić information content (AvgIpc) is 2.74. The first kappa shape index (κ1) is 12.8. The van der Waals surface area contributed by atoms with Gasteiger partial charge in [-0.25, -0.2) is 0 Å². The largest absolute Gasteiger partial charge is 0.647 e. The van der Waals surface area contributed by atoms with Crippen LogP contribution in [0.4, 0.5) is 0 Å². The molecule has 0 atom stereocenters. The van der Waals surface area contributed by atoms with Crippen LogP contribution in [0.3, 0.4) is 0 Å². The third-order valence-corrected chi connectivity index (χ3v) is 3.30. The Morgan fingerprint density at radius 3 is 2.39 bits per heavy atom. The topological polar surface area (TPSA) is 72.9 Å². The van der Waals surface area contributed by atoms with E-state index in [2.05, 4.69) is 0 Å². The molecule has 1 aromatic rings. The van der Waals surface area contributed by atoms with Crippen LogP contribution >= 0.6 is 11.3 Å². The molecule has 2 rings (SSSR count). The maximum Gasteiger partial charge on any atom is 0.647 e. The van der Waals surface area contributed by atoms with Gasteiger partial charge in [-0.1, -0.05) is 0 Å². The first-order valence-electron chi connectivity index (χ1n) is 5.21. The van der Waals surface area contributed by atoms with Crippen molar-refractivity contribution in [3.05, 3.63) is 17.0 Å². The minimum atomic E-state index is -1.06. The third-order valence-electron chi connectivity index (χ3n) is 2.27. The highest BCUT2D eigenvalue weighted by Gasteiger charge is 2.34. The van der Waals surface area contributed by atoms with Crippen molar-refractivity contribution in [1.82, 2.24) is 4.90 Å². The molecule has 0 aromatic carbocycles. The van der Waals surface area contributed by atoms with E-state index in [1.807, 2.05) is 0 Å². The summed E-state index contributed by atoms with van der Waals surface area (Å²) in [5, 5.41) is 0. The van der Waals surface area contributed by atoms with E-state index in [-0.39, 0.29) is 13.1 Å². The van der Waals surface area contributed by atoms with Crippen molar-refractivity contribution in [2.45, 2.75) is 0 Å². The highest BCUT2D eigenvalue weighted by molar-refractivity contribution is 7.23. The molecule has 0 amide bonds. The zero-order chi connectivity index (χ0) is 13.1. The first-order chi connectivity index (χ1) is 8.58. The van der Waals surface area contributed by atoms with Crippen LogP contribution in [0.25, 0.3) is 0 Å². The third kappa shape index (κ3) is 2.96. The first-order valence-corrected chi connectivity index (χ1v) is 6.02. The standard InChI is InChI=1S/C10H10BNO5S/c1-12-4-9(14)16-11(17-10(15)5-12)8-3-2-7(6-13)18-8/h2-3,6H,4-5H2,1H3. The molecule has 1 aliphatic rings. The number of aldehydes is 1. The predicted molar refractivity (Wildman–Crippen MR) is 64.8 cm³/mol. The monoisotopic (exact) mass is 267 g/mol. The number of hydrogen-bond acceptors (Lipinski definition) is 7. The Hall–Kier alpha value is -1.67. The van der Waals surface area contributed by atoms with E-state index in [1.54, 1.807) is 19.2 Å². The molecule has 6 nitrogen and oxygen atoms in total. The number of carbonyl (C=O) groups is 3. The molecule has 1 aromatic heterocycles. The summed E-state index contributed by atoms with van der Waals surface area (Å²) >= 11 is 1.12. The molecule has 1 fully saturated rings. The maximum absolute atomic E-state index is 11.5. The van der Waals surface area contributed by atoms with Gasteiger partial charge in [-0.05, 0) is 19.2 Å². The molecule has 18 heavy (non-hydrogen) atoms. The Kier molecular flexibility index (Phi) is 3.78. The van der Waals surface area contributed by atoms with Crippen LogP contribution in [0.5, 0.6) is 0 Å². The second-order valence-electron chi connectivity index (χ2n) is 3.84. The number of likely N-dealkylation sites (N-methyl/N-ethyl adjacent to an activating group) is 1. The highest BCUT2D eigenvalue weighted by atomic mass is 32.1. The van der Waals surface area contributed by atoms with Gasteiger partial charge in [0.25, 0.3) is 0 Å². The fourth-order valence-corrected chi connectivity index (χ4v) is 2.29. The Morgan fingerprint density at radius 2 is 1.89 bits per heavy atom. The average molecular weight is 267 g/mol. The lowest BCUT2D eigenvalue weighted by Crippen LogP contribution is -2.47. The summed E-state index contributed by atoms with van der Waals surface area (Å²) in [6, 6.07) is 3.19. The van der Waals surface area contributed by atoms with Crippen LogP contribution in [-0.4, -0.2) is 50.4 Å². The number of carbonyl (C=O) groups excluding carboxylic acids is 3. The fourth-order valence-electron chi connectivity index (χ4n) is 1.51. The summed E-state index contributed by atoms with van der Waals surface area (Å²) in [6.07, 6.45) is 0.689. The second-order valence-corrected chi connectivity index (χ2v) is 4.99. The zero-order valence-electron chi connectivity index (χ0n) is 9.62. The number of rotatable bonds is 2. The van der Waals surface area contributed by atoms with Gasteiger partial charge in [0, 0.05) is 0 Å². The Morgan fingerprint density at radius 1 is 1.28 bits per heavy atom. The van der Waals surface area contributed by atoms with E-state index in [0.717, 1.165) is 11.3 Å². The van der Waals surface area contributed by atoms with Gasteiger partial charge in [-0.15, -0.1) is 11.3 Å². The van der Waals surface area contributed by atoms with Crippen LogP contribution < -0.4 is 4.78 Å². The molecule has 94 valence electrons. The van der Waals surface area contributed by atoms with Crippen LogP contribution in [0.2, 0.25) is 0 Å². The molecule has 0 N–H and O–H groups in total. The molecule has 0 spiro atoms. The van der Waals surface area contributed by atoms with Gasteiger partial charge in [0.1, 0.15) is 0 Å². The molecule has 0 saturated carbocycles. The summed E-state index contributed by atoms with van der Waals surface area (Å²) in [6.45, 7) is 0.0506. The van der Waals surface area contributed by atoms with E-state index < -0.39 is 19.1 Å². The Labute approximate surface area is 108 Å². The van der Waals surface area contributed by atoms with Gasteiger partial charge >= 0.3 is 19.1 Å².